The molecule has 0 saturated heterocycles. The highest BCUT2D eigenvalue weighted by atomic mass is 16.6. The number of aromatic amines is 1. The smallest absolute Gasteiger partial charge is 0.407 e. The normalized spacial score (nSPS) is 15.0. The summed E-state index contributed by atoms with van der Waals surface area (Å²) in [5.41, 5.74) is 2.82. The Morgan fingerprint density at radius 1 is 1.39 bits per heavy atom. The van der Waals surface area contributed by atoms with Gasteiger partial charge in [0.2, 0.25) is 0 Å². The first-order valence-corrected chi connectivity index (χ1v) is 9.64. The average Bonchev–Trinajstić information content (AvgIpc) is 3.29. The number of nitrogens with zero attached hydrogens (tertiary/aromatic N) is 3. The van der Waals surface area contributed by atoms with Gasteiger partial charge in [0.15, 0.2) is 5.82 Å². The molecule has 8 heteroatoms. The van der Waals surface area contributed by atoms with Gasteiger partial charge in [-0.1, -0.05) is 0 Å². The van der Waals surface area contributed by atoms with Crippen LogP contribution in [0.3, 0.4) is 0 Å². The minimum absolute atomic E-state index is 0.0608. The highest BCUT2D eigenvalue weighted by Gasteiger charge is 2.20. The van der Waals surface area contributed by atoms with Crippen LogP contribution in [0.2, 0.25) is 0 Å². The molecule has 28 heavy (non-hydrogen) atoms. The number of nitriles is 1. The number of H-pyrrole nitrogens is 1. The number of alkyl carbamates (subject to hydrolysis) is 1. The van der Waals surface area contributed by atoms with E-state index in [9.17, 15) is 4.79 Å². The van der Waals surface area contributed by atoms with Crippen molar-refractivity contribution in [3.8, 4) is 6.07 Å². The second-order valence-corrected chi connectivity index (χ2v) is 7.30. The fraction of sp³-hybridized carbons (Fsp3) is 0.500. The molecule has 148 valence electrons. The summed E-state index contributed by atoms with van der Waals surface area (Å²) in [5.74, 6) is 1.32. The second kappa shape index (κ2) is 9.22. The summed E-state index contributed by atoms with van der Waals surface area (Å²) in [5, 5.41) is 22.0. The van der Waals surface area contributed by atoms with Crippen LogP contribution in [0, 0.1) is 18.3 Å². The number of aromatic nitrogens is 3. The van der Waals surface area contributed by atoms with E-state index in [4.69, 9.17) is 10.00 Å². The fourth-order valence-electron chi connectivity index (χ4n) is 3.36. The Morgan fingerprint density at radius 3 is 2.89 bits per heavy atom. The molecule has 0 spiro atoms. The lowest BCUT2D eigenvalue weighted by molar-refractivity contribution is 0.0984. The third-order valence-electron chi connectivity index (χ3n) is 4.84. The lowest BCUT2D eigenvalue weighted by atomic mass is 10.1. The van der Waals surface area contributed by atoms with Crippen molar-refractivity contribution in [1.29, 1.82) is 5.26 Å². The van der Waals surface area contributed by atoms with Gasteiger partial charge in [-0.25, -0.2) is 9.78 Å². The maximum absolute atomic E-state index is 12.0. The summed E-state index contributed by atoms with van der Waals surface area (Å²) in [7, 11) is 0. The van der Waals surface area contributed by atoms with Gasteiger partial charge >= 0.3 is 6.09 Å². The summed E-state index contributed by atoms with van der Waals surface area (Å²) in [6.45, 7) is 3.89. The first-order chi connectivity index (χ1) is 13.5. The van der Waals surface area contributed by atoms with Gasteiger partial charge < -0.3 is 15.4 Å². The van der Waals surface area contributed by atoms with Gasteiger partial charge in [0.1, 0.15) is 11.9 Å². The van der Waals surface area contributed by atoms with E-state index < -0.39 is 0 Å². The van der Waals surface area contributed by atoms with E-state index in [1.807, 2.05) is 26.0 Å². The molecule has 3 rings (SSSR count). The van der Waals surface area contributed by atoms with E-state index in [0.717, 1.165) is 42.5 Å². The summed E-state index contributed by atoms with van der Waals surface area (Å²) in [6.07, 6.45) is 6.56. The molecule has 0 aromatic carbocycles. The van der Waals surface area contributed by atoms with Crippen LogP contribution in [0.15, 0.2) is 18.3 Å². The highest BCUT2D eigenvalue weighted by Crippen LogP contribution is 2.21. The van der Waals surface area contributed by atoms with Gasteiger partial charge in [-0.15, -0.1) is 0 Å². The SMILES string of the molecule is Cc1cc(Nc2cc(C[C@H](C)NC(=O)OC3CCCC3)[nH]n2)ncc1CC#N. The molecule has 1 fully saturated rings. The fourth-order valence-corrected chi connectivity index (χ4v) is 3.36. The Kier molecular flexibility index (Phi) is 6.48. The van der Waals surface area contributed by atoms with E-state index >= 15 is 0 Å². The molecule has 1 aliphatic rings. The van der Waals surface area contributed by atoms with Crippen molar-refractivity contribution in [2.75, 3.05) is 5.32 Å². The summed E-state index contributed by atoms with van der Waals surface area (Å²) >= 11 is 0. The first-order valence-electron chi connectivity index (χ1n) is 9.64. The maximum atomic E-state index is 12.0. The third kappa shape index (κ3) is 5.46. The van der Waals surface area contributed by atoms with Crippen molar-refractivity contribution in [3.05, 3.63) is 35.2 Å². The lowest BCUT2D eigenvalue weighted by Gasteiger charge is -2.16. The molecule has 2 aromatic rings. The first kappa shape index (κ1) is 19.7. The van der Waals surface area contributed by atoms with Crippen LogP contribution < -0.4 is 10.6 Å². The monoisotopic (exact) mass is 382 g/mol. The van der Waals surface area contributed by atoms with Crippen molar-refractivity contribution in [3.63, 3.8) is 0 Å². The van der Waals surface area contributed by atoms with E-state index in [1.165, 1.54) is 0 Å². The molecule has 2 aromatic heterocycles. The molecular formula is C20H26N6O2. The number of hydrogen-bond donors (Lipinski definition) is 3. The number of nitrogens with one attached hydrogen (secondary N) is 3. The summed E-state index contributed by atoms with van der Waals surface area (Å²) in [6, 6.07) is 5.84. The predicted molar refractivity (Wildman–Crippen MR) is 105 cm³/mol. The average molecular weight is 382 g/mol. The summed E-state index contributed by atoms with van der Waals surface area (Å²) < 4.78 is 5.43. The zero-order chi connectivity index (χ0) is 19.9. The van der Waals surface area contributed by atoms with Gasteiger partial charge in [-0.2, -0.15) is 10.4 Å². The molecule has 2 heterocycles. The van der Waals surface area contributed by atoms with Crippen molar-refractivity contribution in [2.45, 2.75) is 64.5 Å². The molecule has 0 aliphatic heterocycles. The number of amides is 1. The van der Waals surface area contributed by atoms with Gasteiger partial charge in [0.25, 0.3) is 0 Å². The number of rotatable bonds is 7. The molecule has 1 atom stereocenters. The number of ether oxygens (including phenoxy) is 1. The predicted octanol–water partition coefficient (Wildman–Crippen LogP) is 3.52. The van der Waals surface area contributed by atoms with Crippen molar-refractivity contribution >= 4 is 17.7 Å². The molecular weight excluding hydrogens is 356 g/mol. The van der Waals surface area contributed by atoms with Crippen LogP contribution in [-0.2, 0) is 17.6 Å². The Bertz CT molecular complexity index is 851. The Balaban J connectivity index is 1.50. The standard InChI is InChI=1S/C20H26N6O2/c1-13-9-18(22-12-15(13)7-8-21)24-19-11-16(25-26-19)10-14(2)23-20(27)28-17-5-3-4-6-17/h9,11-12,14,17H,3-7,10H2,1-2H3,(H,23,27)(H2,22,24,25,26)/t14-/m0/s1. The molecule has 1 saturated carbocycles. The van der Waals surface area contributed by atoms with Gasteiger partial charge in [0, 0.05) is 30.4 Å². The second-order valence-electron chi connectivity index (χ2n) is 7.30. The Morgan fingerprint density at radius 2 is 2.18 bits per heavy atom. The molecule has 1 amide bonds. The van der Waals surface area contributed by atoms with Gasteiger partial charge in [-0.3, -0.25) is 5.10 Å². The zero-order valence-electron chi connectivity index (χ0n) is 16.3. The van der Waals surface area contributed by atoms with Gasteiger partial charge in [0.05, 0.1) is 12.5 Å². The molecule has 8 nitrogen and oxygen atoms in total. The van der Waals surface area contributed by atoms with Crippen molar-refractivity contribution < 1.29 is 9.53 Å². The Labute approximate surface area is 164 Å². The quantitative estimate of drug-likeness (QED) is 0.675. The number of hydrogen-bond acceptors (Lipinski definition) is 6. The maximum Gasteiger partial charge on any atom is 0.407 e. The molecule has 0 bridgehead atoms. The van der Waals surface area contributed by atoms with Crippen LogP contribution in [0.1, 0.15) is 49.4 Å². The molecule has 0 radical (unpaired) electrons. The molecule has 3 N–H and O–H groups in total. The van der Waals surface area contributed by atoms with E-state index in [1.54, 1.807) is 6.20 Å². The number of carbonyl (C=O) groups excluding carboxylic acids is 1. The van der Waals surface area contributed by atoms with Crippen LogP contribution in [0.4, 0.5) is 16.4 Å². The zero-order valence-corrected chi connectivity index (χ0v) is 16.3. The number of pyridine rings is 1. The van der Waals surface area contributed by atoms with E-state index in [-0.39, 0.29) is 18.2 Å². The van der Waals surface area contributed by atoms with Crippen LogP contribution in [-0.4, -0.2) is 33.4 Å². The number of anilines is 2. The third-order valence-corrected chi connectivity index (χ3v) is 4.84. The van der Waals surface area contributed by atoms with Crippen LogP contribution in [0.5, 0.6) is 0 Å². The highest BCUT2D eigenvalue weighted by molar-refractivity contribution is 5.67. The van der Waals surface area contributed by atoms with Gasteiger partial charge in [-0.05, 0) is 56.7 Å². The minimum atomic E-state index is -0.352. The Hall–Kier alpha value is -3.08. The van der Waals surface area contributed by atoms with Crippen LogP contribution in [0.25, 0.3) is 0 Å². The summed E-state index contributed by atoms with van der Waals surface area (Å²) in [4.78, 5) is 16.3. The molecule has 0 unspecified atom stereocenters. The van der Waals surface area contributed by atoms with Crippen molar-refractivity contribution in [1.82, 2.24) is 20.5 Å². The molecule has 1 aliphatic carbocycles. The van der Waals surface area contributed by atoms with Crippen LogP contribution >= 0.6 is 0 Å². The minimum Gasteiger partial charge on any atom is -0.446 e. The van der Waals surface area contributed by atoms with Crippen molar-refractivity contribution in [2.24, 2.45) is 0 Å². The van der Waals surface area contributed by atoms with E-state index in [0.29, 0.717) is 24.5 Å². The largest absolute Gasteiger partial charge is 0.446 e. The number of aryl methyl sites for hydroxylation is 1. The number of carbonyl (C=O) groups is 1. The topological polar surface area (TPSA) is 116 Å². The lowest BCUT2D eigenvalue weighted by Crippen LogP contribution is -2.36. The van der Waals surface area contributed by atoms with E-state index in [2.05, 4.69) is 31.9 Å².